The molecule has 1 N–H and O–H groups in total. The molecule has 1 fully saturated rings. The van der Waals surface area contributed by atoms with Crippen LogP contribution in [0.4, 0.5) is 11.4 Å². The molecule has 7 heteroatoms. The molecular weight excluding hydrogens is 393 g/mol. The van der Waals surface area contributed by atoms with Gasteiger partial charge in [-0.2, -0.15) is 0 Å². The smallest absolute Gasteiger partial charge is 0.238 e. The van der Waals surface area contributed by atoms with E-state index in [1.54, 1.807) is 0 Å². The summed E-state index contributed by atoms with van der Waals surface area (Å²) in [7, 11) is 0. The number of rotatable bonds is 4. The van der Waals surface area contributed by atoms with Crippen LogP contribution in [0.25, 0.3) is 0 Å². The summed E-state index contributed by atoms with van der Waals surface area (Å²) in [5.74, 6) is -0.0293. The Bertz CT molecular complexity index is 805. The number of halogens is 3. The fraction of sp³-hybridized carbons (Fsp3) is 0.316. The number of carbonyl (C=O) groups excluding carboxylic acids is 1. The number of piperazine rings is 1. The summed E-state index contributed by atoms with van der Waals surface area (Å²) in [5, 5.41) is 4.71. The van der Waals surface area contributed by atoms with Gasteiger partial charge in [-0.25, -0.2) is 0 Å². The molecule has 1 aliphatic heterocycles. The van der Waals surface area contributed by atoms with E-state index < -0.39 is 0 Å². The van der Waals surface area contributed by atoms with Crippen LogP contribution in [-0.4, -0.2) is 43.5 Å². The van der Waals surface area contributed by atoms with Crippen molar-refractivity contribution < 1.29 is 4.79 Å². The van der Waals surface area contributed by atoms with Crippen molar-refractivity contribution in [3.8, 4) is 0 Å². The fourth-order valence-corrected chi connectivity index (χ4v) is 3.45. The first kappa shape index (κ1) is 19.3. The Morgan fingerprint density at radius 1 is 1.00 bits per heavy atom. The minimum Gasteiger partial charge on any atom is -0.369 e. The van der Waals surface area contributed by atoms with Crippen LogP contribution in [0, 0.1) is 6.92 Å². The molecule has 0 aromatic heterocycles. The number of amides is 1. The van der Waals surface area contributed by atoms with Crippen molar-refractivity contribution >= 4 is 52.1 Å². The minimum atomic E-state index is -0.0293. The average Bonchev–Trinajstić information content (AvgIpc) is 2.62. The molecular formula is C19H20Cl3N3O. The number of nitrogens with one attached hydrogen (secondary N) is 1. The van der Waals surface area contributed by atoms with Gasteiger partial charge >= 0.3 is 0 Å². The summed E-state index contributed by atoms with van der Waals surface area (Å²) >= 11 is 18.2. The Labute approximate surface area is 168 Å². The van der Waals surface area contributed by atoms with E-state index in [0.29, 0.717) is 21.6 Å². The third kappa shape index (κ3) is 4.63. The normalized spacial score (nSPS) is 15.2. The summed E-state index contributed by atoms with van der Waals surface area (Å²) in [4.78, 5) is 16.7. The standard InChI is InChI=1S/C19H20Cl3N3O/c1-13-15(20)3-2-4-18(13)23-19(26)12-24-7-9-25(10-8-24)14-5-6-16(21)17(22)11-14/h2-6,11H,7-10,12H2,1H3,(H,23,26). The van der Waals surface area contributed by atoms with Gasteiger partial charge in [0.15, 0.2) is 0 Å². The molecule has 0 saturated carbocycles. The summed E-state index contributed by atoms with van der Waals surface area (Å²) in [6.07, 6.45) is 0. The number of anilines is 2. The summed E-state index contributed by atoms with van der Waals surface area (Å²) in [5.41, 5.74) is 2.70. The largest absolute Gasteiger partial charge is 0.369 e. The predicted octanol–water partition coefficient (Wildman–Crippen LogP) is 4.72. The number of hydrogen-bond donors (Lipinski definition) is 1. The fourth-order valence-electron chi connectivity index (χ4n) is 2.98. The maximum atomic E-state index is 12.3. The average molecular weight is 413 g/mol. The van der Waals surface area contributed by atoms with Crippen LogP contribution in [0.1, 0.15) is 5.56 Å². The highest BCUT2D eigenvalue weighted by Gasteiger charge is 2.20. The molecule has 1 amide bonds. The molecule has 26 heavy (non-hydrogen) atoms. The molecule has 2 aromatic rings. The van der Waals surface area contributed by atoms with Gasteiger partial charge in [-0.3, -0.25) is 9.69 Å². The van der Waals surface area contributed by atoms with Crippen molar-refractivity contribution in [3.05, 3.63) is 57.0 Å². The molecule has 0 unspecified atom stereocenters. The second-order valence-electron chi connectivity index (χ2n) is 6.32. The van der Waals surface area contributed by atoms with Gasteiger partial charge in [-0.05, 0) is 42.8 Å². The molecule has 1 heterocycles. The van der Waals surface area contributed by atoms with E-state index in [1.807, 2.05) is 43.3 Å². The lowest BCUT2D eigenvalue weighted by atomic mass is 10.2. The molecule has 4 nitrogen and oxygen atoms in total. The van der Waals surface area contributed by atoms with Crippen LogP contribution < -0.4 is 10.2 Å². The summed E-state index contributed by atoms with van der Waals surface area (Å²) < 4.78 is 0. The summed E-state index contributed by atoms with van der Waals surface area (Å²) in [6, 6.07) is 11.2. The van der Waals surface area contributed by atoms with Crippen LogP contribution in [0.15, 0.2) is 36.4 Å². The van der Waals surface area contributed by atoms with E-state index in [2.05, 4.69) is 15.1 Å². The third-order valence-corrected chi connectivity index (χ3v) is 5.70. The zero-order chi connectivity index (χ0) is 18.7. The van der Waals surface area contributed by atoms with Crippen molar-refractivity contribution in [1.29, 1.82) is 0 Å². The van der Waals surface area contributed by atoms with Gasteiger partial charge in [0, 0.05) is 42.6 Å². The van der Waals surface area contributed by atoms with Crippen LogP contribution >= 0.6 is 34.8 Å². The molecule has 0 bridgehead atoms. The topological polar surface area (TPSA) is 35.6 Å². The highest BCUT2D eigenvalue weighted by atomic mass is 35.5. The molecule has 0 atom stereocenters. The molecule has 138 valence electrons. The maximum absolute atomic E-state index is 12.3. The van der Waals surface area contributed by atoms with E-state index in [0.717, 1.165) is 43.1 Å². The number of nitrogens with zero attached hydrogens (tertiary/aromatic N) is 2. The van der Waals surface area contributed by atoms with Crippen molar-refractivity contribution in [3.63, 3.8) is 0 Å². The van der Waals surface area contributed by atoms with Crippen molar-refractivity contribution in [2.45, 2.75) is 6.92 Å². The van der Waals surface area contributed by atoms with Gasteiger partial charge in [0.1, 0.15) is 0 Å². The molecule has 3 rings (SSSR count). The highest BCUT2D eigenvalue weighted by Crippen LogP contribution is 2.28. The third-order valence-electron chi connectivity index (χ3n) is 4.55. The second kappa shape index (κ2) is 8.49. The first-order chi connectivity index (χ1) is 12.4. The van der Waals surface area contributed by atoms with Crippen LogP contribution in [0.5, 0.6) is 0 Å². The van der Waals surface area contributed by atoms with E-state index in [1.165, 1.54) is 0 Å². The first-order valence-corrected chi connectivity index (χ1v) is 9.55. The van der Waals surface area contributed by atoms with E-state index >= 15 is 0 Å². The predicted molar refractivity (Wildman–Crippen MR) is 110 cm³/mol. The van der Waals surface area contributed by atoms with Gasteiger partial charge in [0.25, 0.3) is 0 Å². The highest BCUT2D eigenvalue weighted by molar-refractivity contribution is 6.42. The monoisotopic (exact) mass is 411 g/mol. The van der Waals surface area contributed by atoms with Gasteiger partial charge in [-0.1, -0.05) is 40.9 Å². The van der Waals surface area contributed by atoms with Crippen molar-refractivity contribution in [2.24, 2.45) is 0 Å². The Hall–Kier alpha value is -1.46. The number of benzene rings is 2. The minimum absolute atomic E-state index is 0.0293. The Balaban J connectivity index is 1.52. The Morgan fingerprint density at radius 2 is 1.73 bits per heavy atom. The Morgan fingerprint density at radius 3 is 2.42 bits per heavy atom. The number of carbonyl (C=O) groups is 1. The molecule has 0 radical (unpaired) electrons. The van der Waals surface area contributed by atoms with E-state index in [-0.39, 0.29) is 5.91 Å². The molecule has 1 aliphatic rings. The van der Waals surface area contributed by atoms with Crippen LogP contribution in [0.3, 0.4) is 0 Å². The molecule has 0 spiro atoms. The lowest BCUT2D eigenvalue weighted by molar-refractivity contribution is -0.117. The summed E-state index contributed by atoms with van der Waals surface area (Å²) in [6.45, 7) is 5.54. The van der Waals surface area contributed by atoms with Crippen molar-refractivity contribution in [1.82, 2.24) is 4.90 Å². The quantitative estimate of drug-likeness (QED) is 0.789. The van der Waals surface area contributed by atoms with Gasteiger partial charge in [0.05, 0.1) is 16.6 Å². The zero-order valence-electron chi connectivity index (χ0n) is 14.4. The van der Waals surface area contributed by atoms with Crippen molar-refractivity contribution in [2.75, 3.05) is 42.9 Å². The van der Waals surface area contributed by atoms with Crippen LogP contribution in [0.2, 0.25) is 15.1 Å². The SMILES string of the molecule is Cc1c(Cl)cccc1NC(=O)CN1CCN(c2ccc(Cl)c(Cl)c2)CC1. The lowest BCUT2D eigenvalue weighted by Gasteiger charge is -2.35. The Kier molecular flexibility index (Phi) is 6.30. The van der Waals surface area contributed by atoms with E-state index in [9.17, 15) is 4.79 Å². The number of hydrogen-bond acceptors (Lipinski definition) is 3. The molecule has 2 aromatic carbocycles. The van der Waals surface area contributed by atoms with Gasteiger partial charge in [0.2, 0.25) is 5.91 Å². The lowest BCUT2D eigenvalue weighted by Crippen LogP contribution is -2.48. The molecule has 0 aliphatic carbocycles. The molecule has 1 saturated heterocycles. The zero-order valence-corrected chi connectivity index (χ0v) is 16.7. The maximum Gasteiger partial charge on any atom is 0.238 e. The van der Waals surface area contributed by atoms with E-state index in [4.69, 9.17) is 34.8 Å². The van der Waals surface area contributed by atoms with Gasteiger partial charge in [-0.15, -0.1) is 0 Å². The second-order valence-corrected chi connectivity index (χ2v) is 7.54. The van der Waals surface area contributed by atoms with Crippen LogP contribution in [-0.2, 0) is 4.79 Å². The first-order valence-electron chi connectivity index (χ1n) is 8.41. The van der Waals surface area contributed by atoms with Gasteiger partial charge < -0.3 is 10.2 Å².